The number of carbonyl (C=O) groups excluding carboxylic acids is 1. The second-order valence-electron chi connectivity index (χ2n) is 11.6. The zero-order valence-corrected chi connectivity index (χ0v) is 27.4. The van der Waals surface area contributed by atoms with Gasteiger partial charge in [-0.25, -0.2) is 0 Å². The van der Waals surface area contributed by atoms with E-state index in [1.54, 1.807) is 31.4 Å². The first kappa shape index (κ1) is 33.5. The van der Waals surface area contributed by atoms with Gasteiger partial charge in [-0.2, -0.15) is 5.26 Å². The number of carboxylic acid groups (broad SMARTS) is 1. The Morgan fingerprint density at radius 1 is 1.00 bits per heavy atom. The van der Waals surface area contributed by atoms with Gasteiger partial charge in [-0.15, -0.1) is 0 Å². The molecule has 1 amide bonds. The molecule has 2 N–H and O–H groups in total. The van der Waals surface area contributed by atoms with Crippen LogP contribution in [-0.2, 0) is 24.6 Å². The number of rotatable bonds is 11. The van der Waals surface area contributed by atoms with E-state index in [4.69, 9.17) is 21.1 Å². The third kappa shape index (κ3) is 7.74. The van der Waals surface area contributed by atoms with Gasteiger partial charge < -0.3 is 19.9 Å². The first-order valence-electron chi connectivity index (χ1n) is 15.5. The van der Waals surface area contributed by atoms with Crippen LogP contribution in [0.15, 0.2) is 67.0 Å². The quantitative estimate of drug-likeness (QED) is 0.180. The number of carbonyl (C=O) groups is 2. The monoisotopic (exact) mass is 652 g/mol. The highest BCUT2D eigenvalue weighted by Crippen LogP contribution is 2.37. The van der Waals surface area contributed by atoms with Gasteiger partial charge in [-0.1, -0.05) is 48.4 Å². The molecule has 1 unspecified atom stereocenters. The SMILES string of the molecule is CNC(=O)c1cccc(-c2cccc(COc3cc(OCc4cncc(C#N)c4)c(CN4CCCCC4C(=O)O)cc3Cl)c2C)c1C. The van der Waals surface area contributed by atoms with Crippen molar-refractivity contribution in [1.82, 2.24) is 15.2 Å². The summed E-state index contributed by atoms with van der Waals surface area (Å²) in [6, 6.07) is 18.4. The summed E-state index contributed by atoms with van der Waals surface area (Å²) in [5.41, 5.74) is 7.34. The fraction of sp³-hybridized carbons (Fsp3) is 0.297. The molecule has 0 aliphatic carbocycles. The first-order valence-corrected chi connectivity index (χ1v) is 15.9. The van der Waals surface area contributed by atoms with Gasteiger partial charge in [0.25, 0.3) is 5.91 Å². The minimum atomic E-state index is -0.842. The molecule has 5 rings (SSSR count). The van der Waals surface area contributed by atoms with Crippen LogP contribution in [0.4, 0.5) is 0 Å². The topological polar surface area (TPSA) is 125 Å². The number of nitriles is 1. The van der Waals surface area contributed by atoms with E-state index in [0.29, 0.717) is 47.2 Å². The van der Waals surface area contributed by atoms with Crippen molar-refractivity contribution >= 4 is 23.5 Å². The number of likely N-dealkylation sites (tertiary alicyclic amines) is 1. The van der Waals surface area contributed by atoms with Crippen LogP contribution < -0.4 is 14.8 Å². The number of carboxylic acids is 1. The van der Waals surface area contributed by atoms with Crippen molar-refractivity contribution in [3.63, 3.8) is 0 Å². The highest BCUT2D eigenvalue weighted by Gasteiger charge is 2.29. The number of halogens is 1. The van der Waals surface area contributed by atoms with Crippen molar-refractivity contribution in [3.8, 4) is 28.7 Å². The normalized spacial score (nSPS) is 14.7. The number of amides is 1. The molecule has 1 fully saturated rings. The highest BCUT2D eigenvalue weighted by molar-refractivity contribution is 6.32. The minimum absolute atomic E-state index is 0.134. The van der Waals surface area contributed by atoms with E-state index in [1.807, 2.05) is 55.1 Å². The van der Waals surface area contributed by atoms with Crippen molar-refractivity contribution in [1.29, 1.82) is 5.26 Å². The summed E-state index contributed by atoms with van der Waals surface area (Å²) in [5.74, 6) is -0.0462. The second-order valence-corrected chi connectivity index (χ2v) is 12.0. The van der Waals surface area contributed by atoms with Crippen LogP contribution in [0.1, 0.15) is 63.0 Å². The smallest absolute Gasteiger partial charge is 0.320 e. The molecule has 4 aromatic rings. The minimum Gasteiger partial charge on any atom is -0.488 e. The zero-order chi connectivity index (χ0) is 33.5. The average Bonchev–Trinajstić information content (AvgIpc) is 3.08. The Bertz CT molecular complexity index is 1840. The summed E-state index contributed by atoms with van der Waals surface area (Å²) < 4.78 is 12.6. The number of ether oxygens (including phenoxy) is 2. The van der Waals surface area contributed by atoms with Crippen LogP contribution in [0.2, 0.25) is 5.02 Å². The molecular weight excluding hydrogens is 616 g/mol. The Balaban J connectivity index is 1.43. The summed E-state index contributed by atoms with van der Waals surface area (Å²) >= 11 is 6.79. The van der Waals surface area contributed by atoms with Crippen LogP contribution in [0.3, 0.4) is 0 Å². The van der Waals surface area contributed by atoms with E-state index in [0.717, 1.165) is 51.8 Å². The van der Waals surface area contributed by atoms with Gasteiger partial charge in [0.1, 0.15) is 36.8 Å². The summed E-state index contributed by atoms with van der Waals surface area (Å²) in [4.78, 5) is 30.5. The molecule has 1 aliphatic heterocycles. The van der Waals surface area contributed by atoms with Crippen LogP contribution in [-0.4, -0.2) is 46.5 Å². The molecule has 0 spiro atoms. The third-order valence-electron chi connectivity index (χ3n) is 8.63. The Hall–Kier alpha value is -4.91. The molecule has 47 heavy (non-hydrogen) atoms. The predicted octanol–water partition coefficient (Wildman–Crippen LogP) is 6.85. The predicted molar refractivity (Wildman–Crippen MR) is 179 cm³/mol. The van der Waals surface area contributed by atoms with Gasteiger partial charge in [-0.05, 0) is 79.3 Å². The van der Waals surface area contributed by atoms with E-state index in [2.05, 4.69) is 16.4 Å². The zero-order valence-electron chi connectivity index (χ0n) is 26.7. The molecule has 1 aliphatic rings. The lowest BCUT2D eigenvalue weighted by Gasteiger charge is -2.33. The summed E-state index contributed by atoms with van der Waals surface area (Å²) in [6.07, 6.45) is 5.49. The van der Waals surface area contributed by atoms with Crippen molar-refractivity contribution < 1.29 is 24.2 Å². The van der Waals surface area contributed by atoms with Gasteiger partial charge in [-0.3, -0.25) is 19.5 Å². The van der Waals surface area contributed by atoms with Gasteiger partial charge in [0.05, 0.1) is 10.6 Å². The van der Waals surface area contributed by atoms with E-state index in [9.17, 15) is 20.0 Å². The number of nitrogens with zero attached hydrogens (tertiary/aromatic N) is 3. The van der Waals surface area contributed by atoms with Crippen LogP contribution in [0.5, 0.6) is 11.5 Å². The van der Waals surface area contributed by atoms with E-state index >= 15 is 0 Å². The maximum Gasteiger partial charge on any atom is 0.320 e. The van der Waals surface area contributed by atoms with E-state index in [1.165, 1.54) is 6.20 Å². The molecule has 2 heterocycles. The number of hydrogen-bond donors (Lipinski definition) is 2. The maximum atomic E-state index is 12.4. The summed E-state index contributed by atoms with van der Waals surface area (Å²) in [5, 5.41) is 22.2. The molecule has 0 bridgehead atoms. The van der Waals surface area contributed by atoms with Crippen LogP contribution >= 0.6 is 11.6 Å². The van der Waals surface area contributed by atoms with Gasteiger partial charge in [0.15, 0.2) is 0 Å². The summed E-state index contributed by atoms with van der Waals surface area (Å²) in [7, 11) is 1.62. The molecule has 3 aromatic carbocycles. The van der Waals surface area contributed by atoms with Crippen LogP contribution in [0.25, 0.3) is 11.1 Å². The Morgan fingerprint density at radius 3 is 2.49 bits per heavy atom. The first-order chi connectivity index (χ1) is 22.7. The fourth-order valence-corrected chi connectivity index (χ4v) is 6.25. The molecular formula is C37H37ClN4O5. The molecule has 1 saturated heterocycles. The van der Waals surface area contributed by atoms with Crippen molar-refractivity contribution in [2.45, 2.75) is 58.9 Å². The largest absolute Gasteiger partial charge is 0.488 e. The Morgan fingerprint density at radius 2 is 1.74 bits per heavy atom. The molecule has 10 heteroatoms. The molecule has 0 radical (unpaired) electrons. The molecule has 1 atom stereocenters. The average molecular weight is 653 g/mol. The number of benzene rings is 3. The third-order valence-corrected chi connectivity index (χ3v) is 8.93. The number of piperidine rings is 1. The molecule has 242 valence electrons. The van der Waals surface area contributed by atoms with E-state index in [-0.39, 0.29) is 19.1 Å². The van der Waals surface area contributed by atoms with Crippen LogP contribution in [0, 0.1) is 25.2 Å². The maximum absolute atomic E-state index is 12.4. The number of aliphatic carboxylic acids is 1. The summed E-state index contributed by atoms with van der Waals surface area (Å²) in [6.45, 7) is 5.35. The van der Waals surface area contributed by atoms with Gasteiger partial charge >= 0.3 is 5.97 Å². The van der Waals surface area contributed by atoms with Gasteiger partial charge in [0.2, 0.25) is 0 Å². The van der Waals surface area contributed by atoms with E-state index < -0.39 is 12.0 Å². The lowest BCUT2D eigenvalue weighted by atomic mass is 9.91. The fourth-order valence-electron chi connectivity index (χ4n) is 6.01. The number of pyridine rings is 1. The van der Waals surface area contributed by atoms with Crippen molar-refractivity contribution in [3.05, 3.63) is 111 Å². The molecule has 9 nitrogen and oxygen atoms in total. The van der Waals surface area contributed by atoms with Crippen molar-refractivity contribution in [2.24, 2.45) is 0 Å². The van der Waals surface area contributed by atoms with Crippen molar-refractivity contribution in [2.75, 3.05) is 13.6 Å². The standard InChI is InChI=1S/C37H37ClN4O5/c1-23-27(8-6-9-29(23)30-10-7-11-31(24(30)2)36(43)40-3)22-47-35-16-34(46-21-26-14-25(17-39)18-41-19-26)28(15-32(35)38)20-42-13-5-4-12-33(42)37(44)45/h6-11,14-16,18-19,33H,4-5,12-13,20-22H2,1-3H3,(H,40,43)(H,44,45). The number of hydrogen-bond acceptors (Lipinski definition) is 7. The lowest BCUT2D eigenvalue weighted by molar-refractivity contribution is -0.144. The lowest BCUT2D eigenvalue weighted by Crippen LogP contribution is -2.44. The highest BCUT2D eigenvalue weighted by atomic mass is 35.5. The molecule has 0 saturated carbocycles. The number of aromatic nitrogens is 1. The number of nitrogens with one attached hydrogen (secondary N) is 1. The Labute approximate surface area is 279 Å². The second kappa shape index (κ2) is 15.1. The molecule has 1 aromatic heterocycles. The van der Waals surface area contributed by atoms with Gasteiger partial charge in [0, 0.05) is 48.7 Å². The Kier molecular flexibility index (Phi) is 10.8.